The molecule has 0 radical (unpaired) electrons. The average molecular weight is 259 g/mol. The Bertz CT molecular complexity index is 260. The quantitative estimate of drug-likeness (QED) is 0.798. The summed E-state index contributed by atoms with van der Waals surface area (Å²) in [5.74, 6) is 0. The van der Waals surface area contributed by atoms with Crippen LogP contribution in [0.2, 0.25) is 0 Å². The van der Waals surface area contributed by atoms with Crippen LogP contribution in [-0.2, 0) is 4.74 Å². The molecule has 1 saturated heterocycles. The molecule has 4 heteroatoms. The fraction of sp³-hybridized carbons (Fsp3) is 1.00. The Hall–Kier alpha value is -0.160. The van der Waals surface area contributed by atoms with Crippen molar-refractivity contribution in [3.8, 4) is 0 Å². The summed E-state index contributed by atoms with van der Waals surface area (Å²) in [5.41, 5.74) is -0.295. The van der Waals surface area contributed by atoms with Gasteiger partial charge in [-0.15, -0.1) is 0 Å². The Morgan fingerprint density at radius 2 is 2.00 bits per heavy atom. The Kier molecular flexibility index (Phi) is 5.18. The highest BCUT2D eigenvalue weighted by atomic mass is 16.5. The molecule has 2 unspecified atom stereocenters. The van der Waals surface area contributed by atoms with Crippen LogP contribution < -0.4 is 0 Å². The third-order valence-corrected chi connectivity index (χ3v) is 3.47. The van der Waals surface area contributed by atoms with Gasteiger partial charge in [-0.25, -0.2) is 0 Å². The summed E-state index contributed by atoms with van der Waals surface area (Å²) >= 11 is 0. The molecule has 1 fully saturated rings. The summed E-state index contributed by atoms with van der Waals surface area (Å²) in [7, 11) is 0. The van der Waals surface area contributed by atoms with Gasteiger partial charge in [-0.05, 0) is 25.7 Å². The first-order chi connectivity index (χ1) is 8.14. The van der Waals surface area contributed by atoms with Gasteiger partial charge in [-0.1, -0.05) is 20.8 Å². The first-order valence-electron chi connectivity index (χ1n) is 6.83. The summed E-state index contributed by atoms with van der Waals surface area (Å²) in [6, 6.07) is 0. The molecular formula is C14H29NO3. The Morgan fingerprint density at radius 1 is 1.39 bits per heavy atom. The smallest absolute Gasteiger partial charge is 0.0940 e. The van der Waals surface area contributed by atoms with E-state index in [2.05, 4.69) is 25.7 Å². The molecule has 0 saturated carbocycles. The summed E-state index contributed by atoms with van der Waals surface area (Å²) < 4.78 is 5.77. The minimum Gasteiger partial charge on any atom is -0.394 e. The van der Waals surface area contributed by atoms with Gasteiger partial charge in [0.25, 0.3) is 0 Å². The van der Waals surface area contributed by atoms with Crippen molar-refractivity contribution in [2.45, 2.75) is 58.8 Å². The lowest BCUT2D eigenvalue weighted by atomic mass is 9.87. The van der Waals surface area contributed by atoms with E-state index in [1.54, 1.807) is 0 Å². The van der Waals surface area contributed by atoms with Crippen molar-refractivity contribution < 1.29 is 14.9 Å². The van der Waals surface area contributed by atoms with Gasteiger partial charge < -0.3 is 14.9 Å². The average Bonchev–Trinajstić information content (AvgIpc) is 2.22. The maximum atomic E-state index is 10.1. The summed E-state index contributed by atoms with van der Waals surface area (Å²) in [5, 5.41) is 19.3. The highest BCUT2D eigenvalue weighted by molar-refractivity contribution is 4.85. The Morgan fingerprint density at radius 3 is 2.50 bits per heavy atom. The van der Waals surface area contributed by atoms with Crippen LogP contribution in [0.15, 0.2) is 0 Å². The molecular weight excluding hydrogens is 230 g/mol. The van der Waals surface area contributed by atoms with Crippen molar-refractivity contribution in [1.82, 2.24) is 4.90 Å². The van der Waals surface area contributed by atoms with Crippen molar-refractivity contribution in [2.75, 3.05) is 26.2 Å². The van der Waals surface area contributed by atoms with Crippen LogP contribution >= 0.6 is 0 Å². The third kappa shape index (κ3) is 4.84. The van der Waals surface area contributed by atoms with Crippen molar-refractivity contribution in [3.05, 3.63) is 0 Å². The van der Waals surface area contributed by atoms with Gasteiger partial charge in [0.15, 0.2) is 0 Å². The van der Waals surface area contributed by atoms with E-state index in [0.29, 0.717) is 0 Å². The number of hydrogen-bond acceptors (Lipinski definition) is 4. The van der Waals surface area contributed by atoms with Crippen LogP contribution in [0.4, 0.5) is 0 Å². The zero-order valence-corrected chi connectivity index (χ0v) is 12.4. The molecule has 0 aromatic heterocycles. The zero-order chi connectivity index (χ0) is 14.0. The second kappa shape index (κ2) is 5.87. The number of rotatable bonds is 4. The van der Waals surface area contributed by atoms with Crippen molar-refractivity contribution in [2.24, 2.45) is 5.41 Å². The lowest BCUT2D eigenvalue weighted by Crippen LogP contribution is -2.54. The number of aliphatic hydroxyl groups is 2. The van der Waals surface area contributed by atoms with Crippen LogP contribution in [-0.4, -0.2) is 59.2 Å². The van der Waals surface area contributed by atoms with Gasteiger partial charge in [0.05, 0.1) is 24.4 Å². The summed E-state index contributed by atoms with van der Waals surface area (Å²) in [6.07, 6.45) is 0.356. The largest absolute Gasteiger partial charge is 0.394 e. The molecule has 1 heterocycles. The Balaban J connectivity index is 2.47. The van der Waals surface area contributed by atoms with Crippen LogP contribution in [0.25, 0.3) is 0 Å². The molecule has 0 spiro atoms. The van der Waals surface area contributed by atoms with E-state index in [1.807, 2.05) is 13.8 Å². The minimum atomic E-state index is -0.295. The monoisotopic (exact) mass is 259 g/mol. The molecule has 0 amide bonds. The van der Waals surface area contributed by atoms with E-state index < -0.39 is 0 Å². The van der Waals surface area contributed by atoms with Crippen LogP contribution in [0.1, 0.15) is 41.0 Å². The molecule has 0 bridgehead atoms. The number of morpholine rings is 1. The maximum absolute atomic E-state index is 10.1. The number of aliphatic hydroxyl groups excluding tert-OH is 2. The SMILES string of the molecule is CC1(C)CN(CCC(O)C(C)(C)C)CC(CO)O1. The lowest BCUT2D eigenvalue weighted by Gasteiger charge is -2.43. The van der Waals surface area contributed by atoms with Crippen molar-refractivity contribution in [1.29, 1.82) is 0 Å². The van der Waals surface area contributed by atoms with Crippen molar-refractivity contribution in [3.63, 3.8) is 0 Å². The second-order valence-electron chi connectivity index (χ2n) is 7.09. The van der Waals surface area contributed by atoms with Gasteiger partial charge >= 0.3 is 0 Å². The molecule has 0 aliphatic carbocycles. The minimum absolute atomic E-state index is 0.0573. The molecule has 1 aliphatic heterocycles. The maximum Gasteiger partial charge on any atom is 0.0940 e. The normalized spacial score (nSPS) is 27.2. The molecule has 18 heavy (non-hydrogen) atoms. The highest BCUT2D eigenvalue weighted by Crippen LogP contribution is 2.24. The van der Waals surface area contributed by atoms with Gasteiger partial charge in [0, 0.05) is 19.6 Å². The standard InChI is InChI=1S/C14H29NO3/c1-13(2,3)12(17)6-7-15-8-11(9-16)18-14(4,5)10-15/h11-12,16-17H,6-10H2,1-5H3. The lowest BCUT2D eigenvalue weighted by molar-refractivity contribution is -0.150. The first kappa shape index (κ1) is 15.9. The topological polar surface area (TPSA) is 52.9 Å². The molecule has 1 rings (SSSR count). The molecule has 0 aromatic rings. The van der Waals surface area contributed by atoms with Gasteiger partial charge in [-0.2, -0.15) is 0 Å². The van der Waals surface area contributed by atoms with E-state index in [9.17, 15) is 10.2 Å². The number of nitrogens with zero attached hydrogens (tertiary/aromatic N) is 1. The molecule has 0 aromatic carbocycles. The molecule has 108 valence electrons. The highest BCUT2D eigenvalue weighted by Gasteiger charge is 2.33. The van der Waals surface area contributed by atoms with Gasteiger partial charge in [0.2, 0.25) is 0 Å². The molecule has 2 N–H and O–H groups in total. The fourth-order valence-corrected chi connectivity index (χ4v) is 2.42. The Labute approximate surface area is 111 Å². The summed E-state index contributed by atoms with van der Waals surface area (Å²) in [4.78, 5) is 2.28. The first-order valence-corrected chi connectivity index (χ1v) is 6.83. The second-order valence-corrected chi connectivity index (χ2v) is 7.09. The van der Waals surface area contributed by atoms with E-state index in [0.717, 1.165) is 26.1 Å². The third-order valence-electron chi connectivity index (χ3n) is 3.47. The zero-order valence-electron chi connectivity index (χ0n) is 12.4. The van der Waals surface area contributed by atoms with Crippen LogP contribution in [0.5, 0.6) is 0 Å². The summed E-state index contributed by atoms with van der Waals surface area (Å²) in [6.45, 7) is 12.7. The fourth-order valence-electron chi connectivity index (χ4n) is 2.42. The van der Waals surface area contributed by atoms with Crippen molar-refractivity contribution >= 4 is 0 Å². The van der Waals surface area contributed by atoms with Gasteiger partial charge in [-0.3, -0.25) is 4.90 Å². The van der Waals surface area contributed by atoms with Gasteiger partial charge in [0.1, 0.15) is 0 Å². The van der Waals surface area contributed by atoms with E-state index in [-0.39, 0.29) is 29.8 Å². The van der Waals surface area contributed by atoms with E-state index in [1.165, 1.54) is 0 Å². The molecule has 2 atom stereocenters. The molecule has 1 aliphatic rings. The van der Waals surface area contributed by atoms with E-state index in [4.69, 9.17) is 4.74 Å². The molecule has 4 nitrogen and oxygen atoms in total. The predicted octanol–water partition coefficient (Wildman–Crippen LogP) is 1.26. The van der Waals surface area contributed by atoms with Crippen LogP contribution in [0.3, 0.4) is 0 Å². The number of ether oxygens (including phenoxy) is 1. The number of hydrogen-bond donors (Lipinski definition) is 2. The van der Waals surface area contributed by atoms with E-state index >= 15 is 0 Å². The van der Waals surface area contributed by atoms with Crippen LogP contribution in [0, 0.1) is 5.41 Å². The predicted molar refractivity (Wildman–Crippen MR) is 72.6 cm³/mol.